The first-order valence-corrected chi connectivity index (χ1v) is 12.9. The fraction of sp³-hybridized carbons (Fsp3) is 0.630. The summed E-state index contributed by atoms with van der Waals surface area (Å²) in [5, 5.41) is 4.55. The summed E-state index contributed by atoms with van der Waals surface area (Å²) >= 11 is 1.69. The normalized spacial score (nSPS) is 12.6. The monoisotopic (exact) mass is 457 g/mol. The standard InChI is InChI=1S/C27H43N3OS/c1-17(2)12-24(31)13-20(7)23-10-11-26(30(15-18(3)4)16-19(5)6)25(14-23)29-27-28-21(8)22(9)32-27/h10-11,14,17-20H,12-13,15-16H2,1-9H3,(H,28,29). The van der Waals surface area contributed by atoms with E-state index in [-0.39, 0.29) is 5.92 Å². The van der Waals surface area contributed by atoms with Crippen LogP contribution in [0.25, 0.3) is 0 Å². The molecule has 4 nitrogen and oxygen atoms in total. The van der Waals surface area contributed by atoms with Crippen molar-refractivity contribution in [1.82, 2.24) is 4.98 Å². The molecule has 0 saturated heterocycles. The highest BCUT2D eigenvalue weighted by molar-refractivity contribution is 7.15. The lowest BCUT2D eigenvalue weighted by Gasteiger charge is -2.31. The number of carbonyl (C=O) groups is 1. The van der Waals surface area contributed by atoms with Gasteiger partial charge in [0.05, 0.1) is 17.1 Å². The summed E-state index contributed by atoms with van der Waals surface area (Å²) in [6, 6.07) is 6.68. The third-order valence-corrected chi connectivity index (χ3v) is 6.53. The second-order valence-corrected chi connectivity index (χ2v) is 11.7. The van der Waals surface area contributed by atoms with Crippen molar-refractivity contribution in [1.29, 1.82) is 0 Å². The number of benzene rings is 1. The smallest absolute Gasteiger partial charge is 0.187 e. The highest BCUT2D eigenvalue weighted by Gasteiger charge is 2.19. The minimum atomic E-state index is 0.194. The Labute approximate surface area is 199 Å². The lowest BCUT2D eigenvalue weighted by Crippen LogP contribution is -2.31. The molecule has 1 aromatic carbocycles. The zero-order chi connectivity index (χ0) is 24.0. The van der Waals surface area contributed by atoms with Crippen LogP contribution in [0.15, 0.2) is 18.2 Å². The lowest BCUT2D eigenvalue weighted by atomic mass is 9.92. The van der Waals surface area contributed by atoms with Crippen molar-refractivity contribution in [2.24, 2.45) is 17.8 Å². The number of carbonyl (C=O) groups excluding carboxylic acids is 1. The molecule has 5 heteroatoms. The van der Waals surface area contributed by atoms with E-state index < -0.39 is 0 Å². The summed E-state index contributed by atoms with van der Waals surface area (Å²) in [7, 11) is 0. The van der Waals surface area contributed by atoms with E-state index in [0.717, 1.165) is 29.6 Å². The molecule has 2 rings (SSSR count). The van der Waals surface area contributed by atoms with Gasteiger partial charge in [-0.05, 0) is 55.2 Å². The van der Waals surface area contributed by atoms with Gasteiger partial charge in [0.15, 0.2) is 5.13 Å². The van der Waals surface area contributed by atoms with Gasteiger partial charge in [-0.3, -0.25) is 4.79 Å². The molecule has 0 aliphatic carbocycles. The van der Waals surface area contributed by atoms with Gasteiger partial charge in [0.2, 0.25) is 0 Å². The Balaban J connectivity index is 2.41. The van der Waals surface area contributed by atoms with Crippen molar-refractivity contribution in [2.45, 2.75) is 81.1 Å². The van der Waals surface area contributed by atoms with Crippen LogP contribution in [0.2, 0.25) is 0 Å². The number of nitrogens with zero attached hydrogens (tertiary/aromatic N) is 2. The number of ketones is 1. The minimum Gasteiger partial charge on any atom is -0.369 e. The highest BCUT2D eigenvalue weighted by Crippen LogP contribution is 2.35. The summed E-state index contributed by atoms with van der Waals surface area (Å²) in [6.45, 7) is 21.6. The molecule has 2 aromatic rings. The number of Topliss-reactive ketones (excluding diaryl/α,β-unsaturated/α-hetero) is 1. The van der Waals surface area contributed by atoms with Crippen molar-refractivity contribution in [3.8, 4) is 0 Å². The Hall–Kier alpha value is -1.88. The van der Waals surface area contributed by atoms with E-state index in [0.29, 0.717) is 36.4 Å². The Bertz CT molecular complexity index is 856. The topological polar surface area (TPSA) is 45.2 Å². The van der Waals surface area contributed by atoms with Crippen LogP contribution >= 0.6 is 11.3 Å². The number of rotatable bonds is 12. The largest absolute Gasteiger partial charge is 0.369 e. The summed E-state index contributed by atoms with van der Waals surface area (Å²) in [6.07, 6.45) is 1.25. The van der Waals surface area contributed by atoms with Crippen molar-refractivity contribution >= 4 is 33.6 Å². The maximum Gasteiger partial charge on any atom is 0.187 e. The molecule has 178 valence electrons. The zero-order valence-corrected chi connectivity index (χ0v) is 22.4. The van der Waals surface area contributed by atoms with Gasteiger partial charge < -0.3 is 10.2 Å². The second kappa shape index (κ2) is 11.8. The van der Waals surface area contributed by atoms with Crippen molar-refractivity contribution in [3.63, 3.8) is 0 Å². The van der Waals surface area contributed by atoms with Gasteiger partial charge in [0.1, 0.15) is 5.78 Å². The van der Waals surface area contributed by atoms with Gasteiger partial charge in [-0.25, -0.2) is 4.98 Å². The number of anilines is 3. The van der Waals surface area contributed by atoms with Gasteiger partial charge >= 0.3 is 0 Å². The van der Waals surface area contributed by atoms with Gasteiger partial charge in [0.25, 0.3) is 0 Å². The van der Waals surface area contributed by atoms with E-state index in [1.807, 2.05) is 0 Å². The number of hydrogen-bond donors (Lipinski definition) is 1. The van der Waals surface area contributed by atoms with Gasteiger partial charge in [-0.15, -0.1) is 11.3 Å². The van der Waals surface area contributed by atoms with E-state index in [2.05, 4.69) is 90.7 Å². The molecule has 0 amide bonds. The predicted octanol–water partition coefficient (Wildman–Crippen LogP) is 7.73. The molecule has 0 bridgehead atoms. The fourth-order valence-electron chi connectivity index (χ4n) is 4.03. The van der Waals surface area contributed by atoms with Crippen molar-refractivity contribution in [3.05, 3.63) is 34.3 Å². The van der Waals surface area contributed by atoms with Gasteiger partial charge in [0, 0.05) is 30.8 Å². The molecule has 1 heterocycles. The highest BCUT2D eigenvalue weighted by atomic mass is 32.1. The first kappa shape index (κ1) is 26.4. The van der Waals surface area contributed by atoms with Crippen molar-refractivity contribution < 1.29 is 4.79 Å². The number of thiazole rings is 1. The van der Waals surface area contributed by atoms with E-state index in [1.165, 1.54) is 16.1 Å². The molecular weight excluding hydrogens is 414 g/mol. The Morgan fingerprint density at radius 3 is 2.09 bits per heavy atom. The van der Waals surface area contributed by atoms with Crippen LogP contribution in [-0.4, -0.2) is 23.9 Å². The zero-order valence-electron chi connectivity index (χ0n) is 21.6. The van der Waals surface area contributed by atoms with E-state index in [9.17, 15) is 4.79 Å². The summed E-state index contributed by atoms with van der Waals surface area (Å²) in [5.41, 5.74) is 4.57. The number of aromatic nitrogens is 1. The molecule has 1 atom stereocenters. The minimum absolute atomic E-state index is 0.194. The third-order valence-electron chi connectivity index (χ3n) is 5.54. The van der Waals surface area contributed by atoms with E-state index in [1.54, 1.807) is 11.3 Å². The molecule has 0 aliphatic heterocycles. The summed E-state index contributed by atoms with van der Waals surface area (Å²) in [5.74, 6) is 2.08. The first-order chi connectivity index (χ1) is 15.0. The number of aryl methyl sites for hydroxylation is 2. The second-order valence-electron chi connectivity index (χ2n) is 10.5. The van der Waals surface area contributed by atoms with Gasteiger partial charge in [-0.2, -0.15) is 0 Å². The number of nitrogens with one attached hydrogen (secondary N) is 1. The van der Waals surface area contributed by atoms with Gasteiger partial charge in [-0.1, -0.05) is 54.5 Å². The molecule has 0 saturated carbocycles. The average Bonchev–Trinajstić information content (AvgIpc) is 2.96. The van der Waals surface area contributed by atoms with Crippen LogP contribution in [0.3, 0.4) is 0 Å². The maximum absolute atomic E-state index is 12.4. The van der Waals surface area contributed by atoms with Crippen LogP contribution in [0, 0.1) is 31.6 Å². The maximum atomic E-state index is 12.4. The third kappa shape index (κ3) is 7.91. The van der Waals surface area contributed by atoms with Crippen LogP contribution < -0.4 is 10.2 Å². The summed E-state index contributed by atoms with van der Waals surface area (Å²) < 4.78 is 0. The molecule has 32 heavy (non-hydrogen) atoms. The quantitative estimate of drug-likeness (QED) is 0.354. The SMILES string of the molecule is Cc1nc(Nc2cc(C(C)CC(=O)CC(C)C)ccc2N(CC(C)C)CC(C)C)sc1C. The Kier molecular flexibility index (Phi) is 9.75. The van der Waals surface area contributed by atoms with E-state index in [4.69, 9.17) is 4.98 Å². The molecule has 0 fully saturated rings. The molecule has 0 aliphatic rings. The molecule has 1 unspecified atom stereocenters. The van der Waals surface area contributed by atoms with Crippen LogP contribution in [0.1, 0.15) is 83.4 Å². The molecule has 1 N–H and O–H groups in total. The molecular formula is C27H43N3OS. The Morgan fingerprint density at radius 2 is 1.59 bits per heavy atom. The molecule has 1 aromatic heterocycles. The first-order valence-electron chi connectivity index (χ1n) is 12.1. The van der Waals surface area contributed by atoms with Crippen molar-refractivity contribution in [2.75, 3.05) is 23.3 Å². The fourth-order valence-corrected chi connectivity index (χ4v) is 4.86. The van der Waals surface area contributed by atoms with Crippen LogP contribution in [-0.2, 0) is 4.79 Å². The average molecular weight is 458 g/mol. The lowest BCUT2D eigenvalue weighted by molar-refractivity contribution is -0.120. The van der Waals surface area contributed by atoms with Crippen LogP contribution in [0.5, 0.6) is 0 Å². The molecule has 0 radical (unpaired) electrons. The molecule has 0 spiro atoms. The summed E-state index contributed by atoms with van der Waals surface area (Å²) in [4.78, 5) is 20.9. The Morgan fingerprint density at radius 1 is 0.969 bits per heavy atom. The van der Waals surface area contributed by atoms with Crippen LogP contribution in [0.4, 0.5) is 16.5 Å². The predicted molar refractivity (Wildman–Crippen MR) is 141 cm³/mol. The van der Waals surface area contributed by atoms with E-state index >= 15 is 0 Å². The number of hydrogen-bond acceptors (Lipinski definition) is 5.